The molecule has 0 radical (unpaired) electrons. The third-order valence-electron chi connectivity index (χ3n) is 6.68. The molecule has 0 aromatic heterocycles. The van der Waals surface area contributed by atoms with Crippen molar-refractivity contribution in [3.8, 4) is 0 Å². The molecular weight excluding hydrogens is 654 g/mol. The second kappa shape index (κ2) is 37.8. The predicted octanol–water partition coefficient (Wildman–Crippen LogP) is 3.97. The lowest BCUT2D eigenvalue weighted by Crippen LogP contribution is -2.28. The summed E-state index contributed by atoms with van der Waals surface area (Å²) < 4.78 is 59.4. The first-order valence-corrected chi connectivity index (χ1v) is 18.0. The molecule has 0 bridgehead atoms. The van der Waals surface area contributed by atoms with Gasteiger partial charge in [-0.1, -0.05) is 62.9 Å². The Labute approximate surface area is 299 Å². The molecule has 0 heterocycles. The fourth-order valence-electron chi connectivity index (χ4n) is 4.02. The minimum atomic E-state index is -0.471. The summed E-state index contributed by atoms with van der Waals surface area (Å²) in [6.45, 7) is 11.4. The Hall–Kier alpha value is -2.40. The number of benzene rings is 1. The van der Waals surface area contributed by atoms with Crippen LogP contribution in [0.1, 0.15) is 51.0 Å². The van der Waals surface area contributed by atoms with E-state index in [1.54, 1.807) is 0 Å². The molecule has 0 aliphatic carbocycles. The van der Waals surface area contributed by atoms with Crippen molar-refractivity contribution in [2.45, 2.75) is 52.1 Å². The van der Waals surface area contributed by atoms with Crippen molar-refractivity contribution in [2.24, 2.45) is 0 Å². The number of hydrogen-bond acceptors (Lipinski definition) is 13. The Balaban J connectivity index is 1.65. The molecule has 14 nitrogen and oxygen atoms in total. The average Bonchev–Trinajstić information content (AvgIpc) is 3.13. The van der Waals surface area contributed by atoms with Gasteiger partial charge in [-0.3, -0.25) is 4.79 Å². The first-order chi connectivity index (χ1) is 24.7. The van der Waals surface area contributed by atoms with Crippen LogP contribution in [0.2, 0.25) is 0 Å². The van der Waals surface area contributed by atoms with Crippen molar-refractivity contribution >= 4 is 12.1 Å². The Morgan fingerprint density at radius 1 is 0.480 bits per heavy atom. The summed E-state index contributed by atoms with van der Waals surface area (Å²) in [6.07, 6.45) is 5.58. The van der Waals surface area contributed by atoms with Crippen molar-refractivity contribution in [2.75, 3.05) is 132 Å². The van der Waals surface area contributed by atoms with E-state index in [4.69, 9.17) is 52.1 Å². The normalized spacial score (nSPS) is 11.1. The molecule has 0 fully saturated rings. The number of alkyl carbamates (subject to hydrolysis) is 1. The molecule has 1 aromatic carbocycles. The Bertz CT molecular complexity index is 866. The lowest BCUT2D eigenvalue weighted by atomic mass is 10.1. The topological polar surface area (TPSA) is 148 Å². The first-order valence-electron chi connectivity index (χ1n) is 18.0. The minimum absolute atomic E-state index is 0.151. The van der Waals surface area contributed by atoms with Crippen molar-refractivity contribution < 1.29 is 61.7 Å². The second-order valence-corrected chi connectivity index (χ2v) is 10.9. The van der Waals surface area contributed by atoms with Crippen LogP contribution in [0.25, 0.3) is 0 Å². The number of nitrogens with one attached hydrogen (secondary N) is 1. The van der Waals surface area contributed by atoms with Gasteiger partial charge < -0.3 is 57.4 Å². The molecule has 0 saturated heterocycles. The summed E-state index contributed by atoms with van der Waals surface area (Å²) in [5, 5.41) is 2.64. The van der Waals surface area contributed by atoms with Crippen LogP contribution in [0.3, 0.4) is 0 Å². The summed E-state index contributed by atoms with van der Waals surface area (Å²) in [5.41, 5.74) is 0.936. The number of unbranched alkanes of at least 4 members (excludes halogenated alkanes) is 4. The molecule has 1 amide bonds. The molecule has 1 N–H and O–H groups in total. The number of carbonyl (C=O) groups is 2. The summed E-state index contributed by atoms with van der Waals surface area (Å²) in [4.78, 5) is 23.3. The fourth-order valence-corrected chi connectivity index (χ4v) is 4.02. The van der Waals surface area contributed by atoms with Gasteiger partial charge in [0.15, 0.2) is 0 Å². The summed E-state index contributed by atoms with van der Waals surface area (Å²) >= 11 is 0. The van der Waals surface area contributed by atoms with Crippen LogP contribution in [0, 0.1) is 0 Å². The Morgan fingerprint density at radius 2 is 0.880 bits per heavy atom. The average molecular weight is 718 g/mol. The smallest absolute Gasteiger partial charge is 0.407 e. The molecule has 0 aliphatic rings. The Morgan fingerprint density at radius 3 is 1.32 bits per heavy atom. The summed E-state index contributed by atoms with van der Waals surface area (Å²) in [6, 6.07) is 9.50. The molecule has 0 unspecified atom stereocenters. The van der Waals surface area contributed by atoms with Gasteiger partial charge in [0.05, 0.1) is 119 Å². The molecule has 50 heavy (non-hydrogen) atoms. The van der Waals surface area contributed by atoms with Crippen LogP contribution in [0.4, 0.5) is 4.79 Å². The van der Waals surface area contributed by atoms with E-state index >= 15 is 0 Å². The monoisotopic (exact) mass is 717 g/mol. The SMILES string of the molecule is CCCCCCCC(=O)OCCOCCOCCOCCOCCOCCOCCOCCOCCOCCNC(=O)OCc1ccccc1. The van der Waals surface area contributed by atoms with Gasteiger partial charge in [-0.15, -0.1) is 0 Å². The van der Waals surface area contributed by atoms with Crippen LogP contribution in [-0.2, 0) is 63.5 Å². The van der Waals surface area contributed by atoms with Gasteiger partial charge in [-0.2, -0.15) is 0 Å². The molecular formula is C36H63NO13. The van der Waals surface area contributed by atoms with Crippen LogP contribution in [-0.4, -0.2) is 144 Å². The minimum Gasteiger partial charge on any atom is -0.463 e. The third kappa shape index (κ3) is 34.1. The lowest BCUT2D eigenvalue weighted by molar-refractivity contribution is -0.145. The second-order valence-electron chi connectivity index (χ2n) is 10.9. The van der Waals surface area contributed by atoms with Crippen molar-refractivity contribution in [1.82, 2.24) is 5.32 Å². The maximum Gasteiger partial charge on any atom is 0.407 e. The van der Waals surface area contributed by atoms with Crippen LogP contribution in [0.15, 0.2) is 30.3 Å². The Kier molecular flexibility index (Phi) is 34.5. The van der Waals surface area contributed by atoms with Crippen molar-refractivity contribution in [3.05, 3.63) is 35.9 Å². The molecule has 0 atom stereocenters. The lowest BCUT2D eigenvalue weighted by Gasteiger charge is -2.09. The third-order valence-corrected chi connectivity index (χ3v) is 6.68. The molecule has 0 spiro atoms. The van der Waals surface area contributed by atoms with Gasteiger partial charge in [-0.05, 0) is 12.0 Å². The highest BCUT2D eigenvalue weighted by Crippen LogP contribution is 2.05. The van der Waals surface area contributed by atoms with E-state index in [9.17, 15) is 9.59 Å². The van der Waals surface area contributed by atoms with E-state index < -0.39 is 6.09 Å². The van der Waals surface area contributed by atoms with Crippen LogP contribution in [0.5, 0.6) is 0 Å². The molecule has 0 aliphatic heterocycles. The zero-order valence-corrected chi connectivity index (χ0v) is 30.3. The van der Waals surface area contributed by atoms with E-state index in [0.717, 1.165) is 18.4 Å². The predicted molar refractivity (Wildman–Crippen MR) is 186 cm³/mol. The fraction of sp³-hybridized carbons (Fsp3) is 0.778. The number of ether oxygens (including phenoxy) is 11. The summed E-state index contributed by atoms with van der Waals surface area (Å²) in [5.74, 6) is -0.151. The van der Waals surface area contributed by atoms with Crippen LogP contribution >= 0.6 is 0 Å². The van der Waals surface area contributed by atoms with Gasteiger partial charge in [0.25, 0.3) is 0 Å². The van der Waals surface area contributed by atoms with E-state index in [-0.39, 0.29) is 19.2 Å². The molecule has 1 rings (SSSR count). The highest BCUT2D eigenvalue weighted by molar-refractivity contribution is 5.69. The van der Waals surface area contributed by atoms with Crippen LogP contribution < -0.4 is 5.32 Å². The van der Waals surface area contributed by atoms with Gasteiger partial charge in [0.1, 0.15) is 13.2 Å². The van der Waals surface area contributed by atoms with Gasteiger partial charge in [-0.25, -0.2) is 4.79 Å². The number of esters is 1. The zero-order valence-electron chi connectivity index (χ0n) is 30.3. The number of hydrogen-bond donors (Lipinski definition) is 1. The van der Waals surface area contributed by atoms with E-state index in [0.29, 0.717) is 132 Å². The van der Waals surface area contributed by atoms with Gasteiger partial charge in [0.2, 0.25) is 0 Å². The summed E-state index contributed by atoms with van der Waals surface area (Å²) in [7, 11) is 0. The maximum atomic E-state index is 11.6. The molecule has 1 aromatic rings. The van der Waals surface area contributed by atoms with E-state index in [1.165, 1.54) is 19.3 Å². The van der Waals surface area contributed by atoms with Crippen molar-refractivity contribution in [1.29, 1.82) is 0 Å². The largest absolute Gasteiger partial charge is 0.463 e. The van der Waals surface area contributed by atoms with E-state index in [2.05, 4.69) is 12.2 Å². The van der Waals surface area contributed by atoms with Gasteiger partial charge in [0, 0.05) is 13.0 Å². The number of carbonyl (C=O) groups excluding carboxylic acids is 2. The first kappa shape index (κ1) is 45.6. The van der Waals surface area contributed by atoms with Crippen molar-refractivity contribution in [3.63, 3.8) is 0 Å². The molecule has 0 saturated carbocycles. The molecule has 290 valence electrons. The quantitative estimate of drug-likeness (QED) is 0.0778. The standard InChI is InChI=1S/C36H63NO13/c1-2-3-4-5-9-12-35(38)49-32-31-48-30-29-47-28-27-46-26-25-45-24-23-44-22-21-43-20-19-42-18-17-41-16-15-40-14-13-37-36(39)50-33-34-10-7-6-8-11-34/h6-8,10-11H,2-5,9,12-33H2,1H3,(H,37,39). The zero-order chi connectivity index (χ0) is 35.8. The highest BCUT2D eigenvalue weighted by atomic mass is 16.6. The molecule has 14 heteroatoms. The number of rotatable bonds is 38. The number of amides is 1. The van der Waals surface area contributed by atoms with Gasteiger partial charge >= 0.3 is 12.1 Å². The maximum absolute atomic E-state index is 11.6. The van der Waals surface area contributed by atoms with E-state index in [1.807, 2.05) is 30.3 Å². The highest BCUT2D eigenvalue weighted by Gasteiger charge is 2.03.